The van der Waals surface area contributed by atoms with Gasteiger partial charge in [0, 0.05) is 24.8 Å². The number of anilines is 1. The topological polar surface area (TPSA) is 57.6 Å². The van der Waals surface area contributed by atoms with Gasteiger partial charge in [-0.3, -0.25) is 9.59 Å². The van der Waals surface area contributed by atoms with Crippen molar-refractivity contribution in [2.24, 2.45) is 0 Å². The lowest BCUT2D eigenvalue weighted by Crippen LogP contribution is -2.48. The first-order valence-electron chi connectivity index (χ1n) is 7.75. The van der Waals surface area contributed by atoms with Gasteiger partial charge in [-0.1, -0.05) is 48.5 Å². The van der Waals surface area contributed by atoms with Crippen molar-refractivity contribution in [1.29, 1.82) is 0 Å². The third-order valence-electron chi connectivity index (χ3n) is 5.06. The van der Waals surface area contributed by atoms with Crippen LogP contribution >= 0.6 is 0 Å². The van der Waals surface area contributed by atoms with E-state index in [-0.39, 0.29) is 24.0 Å². The average Bonchev–Trinajstić information content (AvgIpc) is 2.98. The van der Waals surface area contributed by atoms with Gasteiger partial charge in [0.15, 0.2) is 11.4 Å². The molecule has 116 valence electrons. The maximum atomic E-state index is 12.7. The van der Waals surface area contributed by atoms with Crippen LogP contribution in [0.3, 0.4) is 0 Å². The molecule has 1 aliphatic carbocycles. The van der Waals surface area contributed by atoms with Gasteiger partial charge in [-0.25, -0.2) is 0 Å². The fraction of sp³-hybridized carbons (Fsp3) is 0.263. The Hall–Kier alpha value is -2.46. The fourth-order valence-corrected chi connectivity index (χ4v) is 4.12. The Labute approximate surface area is 134 Å². The molecule has 0 bridgehead atoms. The second-order valence-electron chi connectivity index (χ2n) is 6.26. The number of rotatable bonds is 1. The number of hydrogen-bond acceptors (Lipinski definition) is 3. The van der Waals surface area contributed by atoms with Crippen molar-refractivity contribution >= 4 is 17.4 Å². The first-order valence-corrected chi connectivity index (χ1v) is 7.75. The summed E-state index contributed by atoms with van der Waals surface area (Å²) in [6.07, 6.45) is 0.239. The Morgan fingerprint density at radius 1 is 1.13 bits per heavy atom. The molecular weight excluding hydrogens is 290 g/mol. The van der Waals surface area contributed by atoms with Crippen LogP contribution in [0.1, 0.15) is 30.4 Å². The summed E-state index contributed by atoms with van der Waals surface area (Å²) in [6, 6.07) is 16.2. The molecule has 4 rings (SSSR count). The van der Waals surface area contributed by atoms with Crippen LogP contribution in [0.5, 0.6) is 0 Å². The van der Waals surface area contributed by atoms with Crippen molar-refractivity contribution in [2.45, 2.75) is 30.9 Å². The van der Waals surface area contributed by atoms with Crippen molar-refractivity contribution in [3.8, 4) is 0 Å². The predicted octanol–water partition coefficient (Wildman–Crippen LogP) is 2.37. The number of ketones is 1. The van der Waals surface area contributed by atoms with E-state index in [9.17, 15) is 14.7 Å². The van der Waals surface area contributed by atoms with Crippen molar-refractivity contribution in [1.82, 2.24) is 0 Å². The number of fused-ring (bicyclic) bond motifs is 3. The van der Waals surface area contributed by atoms with Gasteiger partial charge in [-0.15, -0.1) is 0 Å². The molecule has 1 heterocycles. The summed E-state index contributed by atoms with van der Waals surface area (Å²) in [5.74, 6) is -0.577. The summed E-state index contributed by atoms with van der Waals surface area (Å²) < 4.78 is 0. The van der Waals surface area contributed by atoms with E-state index in [1.165, 1.54) is 6.92 Å². The van der Waals surface area contributed by atoms with Crippen LogP contribution in [0, 0.1) is 0 Å². The lowest BCUT2D eigenvalue weighted by atomic mass is 9.87. The molecule has 0 saturated heterocycles. The number of benzene rings is 2. The zero-order chi connectivity index (χ0) is 16.2. The molecule has 1 fully saturated rings. The molecule has 1 amide bonds. The smallest absolute Gasteiger partial charge is 0.224 e. The van der Waals surface area contributed by atoms with Crippen LogP contribution in [-0.2, 0) is 15.2 Å². The monoisotopic (exact) mass is 307 g/mol. The number of Topliss-reactive ketones (excluding diaryl/α,β-unsaturated/α-hetero) is 1. The highest BCUT2D eigenvalue weighted by molar-refractivity contribution is 6.05. The van der Waals surface area contributed by atoms with Crippen LogP contribution < -0.4 is 4.90 Å². The van der Waals surface area contributed by atoms with Crippen molar-refractivity contribution < 1.29 is 14.7 Å². The highest BCUT2D eigenvalue weighted by Gasteiger charge is 2.63. The summed E-state index contributed by atoms with van der Waals surface area (Å²) in [4.78, 5) is 26.6. The van der Waals surface area contributed by atoms with Gasteiger partial charge >= 0.3 is 0 Å². The molecule has 1 aliphatic heterocycles. The number of nitrogens with zero attached hydrogens (tertiary/aromatic N) is 1. The largest absolute Gasteiger partial charge is 0.375 e. The van der Waals surface area contributed by atoms with E-state index in [1.54, 1.807) is 23.1 Å². The van der Waals surface area contributed by atoms with Gasteiger partial charge in [0.2, 0.25) is 5.91 Å². The third kappa shape index (κ3) is 1.75. The molecule has 4 nitrogen and oxygen atoms in total. The molecule has 0 unspecified atom stereocenters. The van der Waals surface area contributed by atoms with Crippen molar-refractivity contribution in [3.05, 3.63) is 65.7 Å². The number of carbonyl (C=O) groups is 2. The summed E-state index contributed by atoms with van der Waals surface area (Å²) in [6.45, 7) is 1.48. The minimum Gasteiger partial charge on any atom is -0.375 e. The maximum Gasteiger partial charge on any atom is 0.224 e. The minimum absolute atomic E-state index is 0.158. The van der Waals surface area contributed by atoms with Crippen molar-refractivity contribution in [2.75, 3.05) is 4.90 Å². The second kappa shape index (κ2) is 4.77. The van der Waals surface area contributed by atoms with Crippen LogP contribution in [0.25, 0.3) is 0 Å². The molecule has 3 atom stereocenters. The van der Waals surface area contributed by atoms with Gasteiger partial charge in [-0.2, -0.15) is 0 Å². The number of hydrogen-bond donors (Lipinski definition) is 1. The molecule has 1 N–H and O–H groups in total. The number of aliphatic hydroxyl groups is 1. The van der Waals surface area contributed by atoms with Gasteiger partial charge in [0.25, 0.3) is 0 Å². The molecule has 23 heavy (non-hydrogen) atoms. The van der Waals surface area contributed by atoms with E-state index in [4.69, 9.17) is 0 Å². The van der Waals surface area contributed by atoms with Gasteiger partial charge < -0.3 is 10.0 Å². The van der Waals surface area contributed by atoms with E-state index < -0.39 is 11.6 Å². The van der Waals surface area contributed by atoms with Crippen LogP contribution in [0.2, 0.25) is 0 Å². The van der Waals surface area contributed by atoms with E-state index >= 15 is 0 Å². The minimum atomic E-state index is -1.61. The summed E-state index contributed by atoms with van der Waals surface area (Å²) >= 11 is 0. The first kappa shape index (κ1) is 14.2. The molecule has 1 saturated carbocycles. The number of para-hydroxylation sites is 1. The Bertz CT molecular complexity index is 801. The molecular formula is C19H17NO3. The number of amides is 1. The summed E-state index contributed by atoms with van der Waals surface area (Å²) in [7, 11) is 0. The summed E-state index contributed by atoms with van der Waals surface area (Å²) in [5, 5.41) is 11.3. The molecule has 2 aromatic rings. The second-order valence-corrected chi connectivity index (χ2v) is 6.26. The Morgan fingerprint density at radius 2 is 1.78 bits per heavy atom. The predicted molar refractivity (Wildman–Crippen MR) is 86.1 cm³/mol. The third-order valence-corrected chi connectivity index (χ3v) is 5.06. The molecule has 2 aliphatic rings. The van der Waals surface area contributed by atoms with E-state index in [0.717, 1.165) is 5.56 Å². The first-order chi connectivity index (χ1) is 11.0. The summed E-state index contributed by atoms with van der Waals surface area (Å²) in [5.41, 5.74) is 0.550. The Balaban J connectivity index is 1.93. The molecule has 2 aromatic carbocycles. The van der Waals surface area contributed by atoms with E-state index in [0.29, 0.717) is 11.3 Å². The highest BCUT2D eigenvalue weighted by Crippen LogP contribution is 2.55. The molecule has 0 aromatic heterocycles. The van der Waals surface area contributed by atoms with E-state index in [2.05, 4.69) is 0 Å². The zero-order valence-electron chi connectivity index (χ0n) is 12.8. The fourth-order valence-electron chi connectivity index (χ4n) is 4.12. The molecule has 0 spiro atoms. The Morgan fingerprint density at radius 3 is 2.48 bits per heavy atom. The lowest BCUT2D eigenvalue weighted by Gasteiger charge is -2.31. The number of carbonyl (C=O) groups excluding carboxylic acids is 2. The van der Waals surface area contributed by atoms with Crippen LogP contribution in [-0.4, -0.2) is 22.8 Å². The van der Waals surface area contributed by atoms with E-state index in [1.807, 2.05) is 36.4 Å². The van der Waals surface area contributed by atoms with Crippen molar-refractivity contribution in [3.63, 3.8) is 0 Å². The van der Waals surface area contributed by atoms with Gasteiger partial charge in [-0.05, 0) is 11.6 Å². The average molecular weight is 307 g/mol. The lowest BCUT2D eigenvalue weighted by molar-refractivity contribution is -0.134. The standard InChI is InChI=1S/C19H17NO3/c1-12(21)20-16-10-6-5-9-15(16)19(23)17(22)11-14(18(19)20)13-7-3-2-4-8-13/h2-10,14,18,23H,11H2,1H3/t14-,18-,19-/m0/s1. The van der Waals surface area contributed by atoms with Gasteiger partial charge in [0.05, 0.1) is 11.7 Å². The molecule has 0 radical (unpaired) electrons. The Kier molecular flexibility index (Phi) is 2.93. The quantitative estimate of drug-likeness (QED) is 0.880. The van der Waals surface area contributed by atoms with Crippen LogP contribution in [0.15, 0.2) is 54.6 Å². The maximum absolute atomic E-state index is 12.7. The van der Waals surface area contributed by atoms with Crippen LogP contribution in [0.4, 0.5) is 5.69 Å². The normalized spacial score (nSPS) is 28.6. The highest BCUT2D eigenvalue weighted by atomic mass is 16.3. The molecule has 4 heteroatoms. The SMILES string of the molecule is CC(=O)N1c2ccccc2[C@]2(O)C(=O)C[C@@H](c3ccccc3)[C@H]12. The van der Waals surface area contributed by atoms with Gasteiger partial charge in [0.1, 0.15) is 0 Å². The zero-order valence-corrected chi connectivity index (χ0v) is 12.8.